The fraction of sp³-hybridized carbons (Fsp3) is 0.125. The number of benzene rings is 1. The minimum absolute atomic E-state index is 0.454. The van der Waals surface area contributed by atoms with Gasteiger partial charge < -0.3 is 5.11 Å². The van der Waals surface area contributed by atoms with Crippen LogP contribution in [0.15, 0.2) is 6.07 Å². The van der Waals surface area contributed by atoms with E-state index in [1.807, 2.05) is 0 Å². The third-order valence-corrected chi connectivity index (χ3v) is 1.52. The molecule has 0 aliphatic carbocycles. The normalized spacial score (nSPS) is 10.2. The summed E-state index contributed by atoms with van der Waals surface area (Å²) in [6, 6.07) is 0.454. The molecule has 1 aromatic rings. The molecule has 0 aliphatic heterocycles. The number of Topliss-reactive ketones (excluding diaryl/α,β-unsaturated/α-hetero) is 1. The zero-order valence-corrected chi connectivity index (χ0v) is 6.57. The molecule has 0 saturated heterocycles. The highest BCUT2D eigenvalue weighted by Crippen LogP contribution is 2.25. The van der Waals surface area contributed by atoms with Crippen LogP contribution in [0.5, 0.6) is 5.75 Å². The molecule has 1 aromatic carbocycles. The van der Waals surface area contributed by atoms with E-state index >= 15 is 0 Å². The molecular weight excluding hydrogens is 185 g/mol. The number of phenols is 1. The van der Waals surface area contributed by atoms with Crippen molar-refractivity contribution in [2.75, 3.05) is 0 Å². The van der Waals surface area contributed by atoms with E-state index in [2.05, 4.69) is 0 Å². The van der Waals surface area contributed by atoms with Crippen molar-refractivity contribution in [2.45, 2.75) is 6.92 Å². The lowest BCUT2D eigenvalue weighted by molar-refractivity contribution is 0.101. The topological polar surface area (TPSA) is 37.3 Å². The van der Waals surface area contributed by atoms with Crippen LogP contribution in [-0.4, -0.2) is 10.9 Å². The first-order valence-corrected chi connectivity index (χ1v) is 3.32. The minimum atomic E-state index is -1.79. The molecule has 0 spiro atoms. The van der Waals surface area contributed by atoms with Gasteiger partial charge in [-0.2, -0.15) is 4.39 Å². The second kappa shape index (κ2) is 3.08. The number of hydrogen-bond acceptors (Lipinski definition) is 2. The van der Waals surface area contributed by atoms with Crippen LogP contribution in [0.4, 0.5) is 13.2 Å². The number of rotatable bonds is 1. The van der Waals surface area contributed by atoms with Crippen molar-refractivity contribution in [1.29, 1.82) is 0 Å². The predicted octanol–water partition coefficient (Wildman–Crippen LogP) is 2.01. The fourth-order valence-electron chi connectivity index (χ4n) is 0.854. The maximum Gasteiger partial charge on any atom is 0.204 e. The summed E-state index contributed by atoms with van der Waals surface area (Å²) < 4.78 is 37.5. The second-order valence-corrected chi connectivity index (χ2v) is 2.44. The van der Waals surface area contributed by atoms with Crippen molar-refractivity contribution in [3.8, 4) is 5.75 Å². The molecule has 0 unspecified atom stereocenters. The van der Waals surface area contributed by atoms with Gasteiger partial charge in [0.25, 0.3) is 0 Å². The smallest absolute Gasteiger partial charge is 0.204 e. The molecular formula is C8H5F3O2. The SMILES string of the molecule is CC(=O)c1cc(F)c(F)c(F)c1O. The maximum absolute atomic E-state index is 12.6. The van der Waals surface area contributed by atoms with E-state index in [4.69, 9.17) is 5.11 Å². The Morgan fingerprint density at radius 1 is 1.31 bits per heavy atom. The summed E-state index contributed by atoms with van der Waals surface area (Å²) in [6.07, 6.45) is 0. The van der Waals surface area contributed by atoms with Crippen LogP contribution >= 0.6 is 0 Å². The van der Waals surface area contributed by atoms with Crippen molar-refractivity contribution in [3.05, 3.63) is 29.1 Å². The maximum atomic E-state index is 12.6. The molecule has 0 heterocycles. The fourth-order valence-corrected chi connectivity index (χ4v) is 0.854. The predicted molar refractivity (Wildman–Crippen MR) is 38.0 cm³/mol. The van der Waals surface area contributed by atoms with Crippen LogP contribution in [-0.2, 0) is 0 Å². The minimum Gasteiger partial charge on any atom is -0.504 e. The van der Waals surface area contributed by atoms with Crippen LogP contribution in [0.25, 0.3) is 0 Å². The summed E-state index contributed by atoms with van der Waals surface area (Å²) in [5.74, 6) is -6.94. The zero-order valence-electron chi connectivity index (χ0n) is 6.57. The van der Waals surface area contributed by atoms with E-state index in [9.17, 15) is 18.0 Å². The molecule has 0 fully saturated rings. The Balaban J connectivity index is 3.50. The summed E-state index contributed by atoms with van der Waals surface area (Å²) in [6.45, 7) is 1.01. The van der Waals surface area contributed by atoms with Gasteiger partial charge in [-0.05, 0) is 13.0 Å². The lowest BCUT2D eigenvalue weighted by Gasteiger charge is -2.02. The van der Waals surface area contributed by atoms with Crippen molar-refractivity contribution in [3.63, 3.8) is 0 Å². The summed E-state index contributed by atoms with van der Waals surface area (Å²) in [5, 5.41) is 8.87. The third-order valence-electron chi connectivity index (χ3n) is 1.52. The van der Waals surface area contributed by atoms with E-state index in [1.165, 1.54) is 0 Å². The highest BCUT2D eigenvalue weighted by atomic mass is 19.2. The molecule has 5 heteroatoms. The van der Waals surface area contributed by atoms with E-state index in [0.717, 1.165) is 6.92 Å². The Morgan fingerprint density at radius 3 is 2.31 bits per heavy atom. The van der Waals surface area contributed by atoms with E-state index in [0.29, 0.717) is 6.07 Å². The van der Waals surface area contributed by atoms with Crippen molar-refractivity contribution in [1.82, 2.24) is 0 Å². The van der Waals surface area contributed by atoms with Gasteiger partial charge in [-0.15, -0.1) is 0 Å². The van der Waals surface area contributed by atoms with Crippen LogP contribution in [0.3, 0.4) is 0 Å². The number of carbonyl (C=O) groups excluding carboxylic acids is 1. The van der Waals surface area contributed by atoms with Crippen molar-refractivity contribution < 1.29 is 23.1 Å². The van der Waals surface area contributed by atoms with Crippen LogP contribution in [0.2, 0.25) is 0 Å². The van der Waals surface area contributed by atoms with Gasteiger partial charge >= 0.3 is 0 Å². The summed E-state index contributed by atoms with van der Waals surface area (Å²) in [7, 11) is 0. The van der Waals surface area contributed by atoms with E-state index < -0.39 is 34.5 Å². The quantitative estimate of drug-likeness (QED) is 0.543. The molecule has 0 atom stereocenters. The highest BCUT2D eigenvalue weighted by molar-refractivity contribution is 5.96. The van der Waals surface area contributed by atoms with Gasteiger partial charge in [0.05, 0.1) is 5.56 Å². The first-order valence-electron chi connectivity index (χ1n) is 3.32. The van der Waals surface area contributed by atoms with E-state index in [-0.39, 0.29) is 0 Å². The number of halogens is 3. The highest BCUT2D eigenvalue weighted by Gasteiger charge is 2.19. The molecule has 0 saturated carbocycles. The molecule has 0 radical (unpaired) electrons. The van der Waals surface area contributed by atoms with E-state index in [1.54, 1.807) is 0 Å². The van der Waals surface area contributed by atoms with Crippen LogP contribution in [0, 0.1) is 17.5 Å². The summed E-state index contributed by atoms with van der Waals surface area (Å²) in [4.78, 5) is 10.7. The molecule has 13 heavy (non-hydrogen) atoms. The molecule has 1 N–H and O–H groups in total. The first kappa shape index (κ1) is 9.57. The first-order chi connectivity index (χ1) is 5.95. The Labute approximate surface area is 71.6 Å². The van der Waals surface area contributed by atoms with Crippen LogP contribution in [0.1, 0.15) is 17.3 Å². The Hall–Kier alpha value is -1.52. The molecule has 1 rings (SSSR count). The third kappa shape index (κ3) is 1.49. The Bertz CT molecular complexity index is 374. The average molecular weight is 190 g/mol. The molecule has 2 nitrogen and oxygen atoms in total. The van der Waals surface area contributed by atoms with Crippen molar-refractivity contribution >= 4 is 5.78 Å². The monoisotopic (exact) mass is 190 g/mol. The lowest BCUT2D eigenvalue weighted by atomic mass is 10.1. The second-order valence-electron chi connectivity index (χ2n) is 2.44. The van der Waals surface area contributed by atoms with Crippen molar-refractivity contribution in [2.24, 2.45) is 0 Å². The largest absolute Gasteiger partial charge is 0.504 e. The molecule has 0 aliphatic rings. The zero-order chi connectivity index (χ0) is 10.2. The Morgan fingerprint density at radius 2 is 1.85 bits per heavy atom. The number of ketones is 1. The molecule has 0 bridgehead atoms. The number of aromatic hydroxyl groups is 1. The number of hydrogen-bond donors (Lipinski definition) is 1. The summed E-state index contributed by atoms with van der Waals surface area (Å²) >= 11 is 0. The van der Waals surface area contributed by atoms with Gasteiger partial charge in [-0.1, -0.05) is 0 Å². The Kier molecular flexibility index (Phi) is 2.27. The van der Waals surface area contributed by atoms with Crippen LogP contribution < -0.4 is 0 Å². The van der Waals surface area contributed by atoms with Gasteiger partial charge in [0.2, 0.25) is 5.82 Å². The van der Waals surface area contributed by atoms with Gasteiger partial charge in [0, 0.05) is 0 Å². The van der Waals surface area contributed by atoms with Gasteiger partial charge in [0.15, 0.2) is 23.2 Å². The number of carbonyl (C=O) groups is 1. The van der Waals surface area contributed by atoms with Gasteiger partial charge in [-0.25, -0.2) is 8.78 Å². The standard InChI is InChI=1S/C8H5F3O2/c1-3(12)4-2-5(9)6(10)7(11)8(4)13/h2,13H,1H3. The van der Waals surface area contributed by atoms with Gasteiger partial charge in [0.1, 0.15) is 0 Å². The summed E-state index contributed by atoms with van der Waals surface area (Å²) in [5.41, 5.74) is -0.573. The molecule has 0 aromatic heterocycles. The number of phenolic OH excluding ortho intramolecular Hbond substituents is 1. The average Bonchev–Trinajstić information content (AvgIpc) is 2.07. The molecule has 70 valence electrons. The molecule has 0 amide bonds. The lowest BCUT2D eigenvalue weighted by Crippen LogP contribution is -2.00. The van der Waals surface area contributed by atoms with Gasteiger partial charge in [-0.3, -0.25) is 4.79 Å².